The van der Waals surface area contributed by atoms with Crippen LogP contribution in [0.25, 0.3) is 0 Å². The summed E-state index contributed by atoms with van der Waals surface area (Å²) >= 11 is 1.92. The minimum absolute atomic E-state index is 0.155. The van der Waals surface area contributed by atoms with Crippen molar-refractivity contribution in [3.05, 3.63) is 0 Å². The Labute approximate surface area is 397 Å². The first-order valence-corrected chi connectivity index (χ1v) is 32.2. The highest BCUT2D eigenvalue weighted by molar-refractivity contribution is 8.02. The third-order valence-corrected chi connectivity index (χ3v) is 26.5. The van der Waals surface area contributed by atoms with Gasteiger partial charge in [-0.3, -0.25) is 19.6 Å². The Hall–Kier alpha value is 0.931. The molecule has 0 saturated carbocycles. The monoisotopic (exact) mass is 1030 g/mol. The molecule has 63 heavy (non-hydrogen) atoms. The SMILES string of the molecule is CO[Si](CCCN(C)C(N(C)CCC[Si](OC)OC)C(C)(C[Si](OC)(OC)OC)SC(C)(C[Si](OC)(OC)OC)C(N(C)CCC[Si](OC)OC)N(C)CCC[Si](OC)OC)OC. The van der Waals surface area contributed by atoms with Crippen LogP contribution in [0, 0.1) is 0 Å². The summed E-state index contributed by atoms with van der Waals surface area (Å²) in [5, 5.41) is 0. The maximum absolute atomic E-state index is 6.31. The van der Waals surface area contributed by atoms with E-state index in [1.54, 1.807) is 99.5 Å². The number of rotatable bonds is 42. The third kappa shape index (κ3) is 21.2. The van der Waals surface area contributed by atoms with Crippen LogP contribution in [0.1, 0.15) is 39.5 Å². The summed E-state index contributed by atoms with van der Waals surface area (Å²) in [6.07, 6.45) is 3.23. The van der Waals surface area contributed by atoms with Gasteiger partial charge in [0.1, 0.15) is 0 Å². The van der Waals surface area contributed by atoms with Crippen LogP contribution in [0.5, 0.6) is 0 Å². The van der Waals surface area contributed by atoms with Crippen molar-refractivity contribution < 1.29 is 62.0 Å². The minimum Gasteiger partial charge on any atom is -0.397 e. The van der Waals surface area contributed by atoms with Crippen LogP contribution >= 0.6 is 11.8 Å². The molecule has 0 aromatic rings. The van der Waals surface area contributed by atoms with Gasteiger partial charge in [-0.15, -0.1) is 11.8 Å². The van der Waals surface area contributed by atoms with E-state index in [0.717, 1.165) is 76.0 Å². The molecule has 0 saturated heterocycles. The van der Waals surface area contributed by atoms with Gasteiger partial charge >= 0.3 is 54.7 Å². The van der Waals surface area contributed by atoms with Crippen LogP contribution in [0.2, 0.25) is 36.3 Å². The Balaban J connectivity index is 8.17. The molecule has 18 nitrogen and oxygen atoms in total. The van der Waals surface area contributed by atoms with Crippen molar-refractivity contribution in [3.8, 4) is 0 Å². The normalized spacial score (nSPS) is 15.3. The molecule has 0 aromatic carbocycles. The van der Waals surface area contributed by atoms with Crippen LogP contribution in [0.15, 0.2) is 0 Å². The average Bonchev–Trinajstić information content (AvgIpc) is 3.28. The zero-order valence-electron chi connectivity index (χ0n) is 43.0. The molecule has 0 heterocycles. The fourth-order valence-electron chi connectivity index (χ4n) is 8.75. The Morgan fingerprint density at radius 3 is 0.730 bits per heavy atom. The third-order valence-electron chi connectivity index (χ3n) is 11.6. The summed E-state index contributed by atoms with van der Waals surface area (Å²) in [4.78, 5) is 9.85. The largest absolute Gasteiger partial charge is 0.501 e. The average molecular weight is 1030 g/mol. The van der Waals surface area contributed by atoms with Crippen molar-refractivity contribution in [3.63, 3.8) is 0 Å². The lowest BCUT2D eigenvalue weighted by molar-refractivity contribution is 0.0371. The van der Waals surface area contributed by atoms with E-state index >= 15 is 0 Å². The standard InChI is InChI=1S/C38H90N4O14SSi6/c1-37(33-62(51-15,52-16)53-17,35(39(3)25-21-29-58(43-7)44-8)40(4)26-22-30-59(45-9)46-10)57-38(2,34-63(54-18,55-19)56-20)36(41(5)27-23-31-60(47-11)48-12)42(6)28-24-32-61(49-13)50-14/h35-36H,21-34H2,1-20H3. The van der Waals surface area contributed by atoms with Gasteiger partial charge in [0.2, 0.25) is 0 Å². The summed E-state index contributed by atoms with van der Waals surface area (Å²) in [6.45, 7) is 7.84. The van der Waals surface area contributed by atoms with Gasteiger partial charge in [0.05, 0.1) is 12.3 Å². The fraction of sp³-hybridized carbons (Fsp3) is 1.00. The van der Waals surface area contributed by atoms with E-state index in [1.807, 2.05) is 11.8 Å². The first-order valence-electron chi connectivity index (χ1n) is 21.5. The lowest BCUT2D eigenvalue weighted by Gasteiger charge is -2.55. The smallest absolute Gasteiger partial charge is 0.397 e. The maximum Gasteiger partial charge on any atom is 0.501 e. The molecule has 0 rings (SSSR count). The highest BCUT2D eigenvalue weighted by Gasteiger charge is 2.59. The lowest BCUT2D eigenvalue weighted by atomic mass is 10.1. The van der Waals surface area contributed by atoms with Crippen LogP contribution in [-0.2, 0) is 62.0 Å². The van der Waals surface area contributed by atoms with E-state index in [0.29, 0.717) is 12.1 Å². The van der Waals surface area contributed by atoms with Gasteiger partial charge in [-0.2, -0.15) is 0 Å². The van der Waals surface area contributed by atoms with Gasteiger partial charge in [0, 0.05) is 121 Å². The molecule has 0 aliphatic rings. The molecule has 2 unspecified atom stereocenters. The molecule has 0 amide bonds. The zero-order chi connectivity index (χ0) is 48.3. The number of thioether (sulfide) groups is 1. The van der Waals surface area contributed by atoms with E-state index in [2.05, 4.69) is 61.6 Å². The summed E-state index contributed by atoms with van der Waals surface area (Å²) in [6, 6.07) is 4.33. The first kappa shape index (κ1) is 63.9. The van der Waals surface area contributed by atoms with Gasteiger partial charge in [-0.25, -0.2) is 0 Å². The highest BCUT2D eigenvalue weighted by Crippen LogP contribution is 2.52. The molecule has 25 heteroatoms. The molecule has 0 bridgehead atoms. The van der Waals surface area contributed by atoms with Crippen LogP contribution < -0.4 is 0 Å². The second kappa shape index (κ2) is 34.3. The van der Waals surface area contributed by atoms with Crippen molar-refractivity contribution in [2.75, 3.05) is 154 Å². The van der Waals surface area contributed by atoms with Gasteiger partial charge in [-0.05, 0) is 118 Å². The molecule has 376 valence electrons. The summed E-state index contributed by atoms with van der Waals surface area (Å²) in [5.41, 5.74) is 0. The second-order valence-electron chi connectivity index (χ2n) is 15.9. The number of nitrogens with zero attached hydrogens (tertiary/aromatic N) is 4. The molecule has 0 aliphatic heterocycles. The van der Waals surface area contributed by atoms with E-state index in [-0.39, 0.29) is 12.3 Å². The number of hydrogen-bond donors (Lipinski definition) is 0. The van der Waals surface area contributed by atoms with E-state index in [9.17, 15) is 0 Å². The molecular weight excluding hydrogens is 937 g/mol. The Bertz CT molecular complexity index is 984. The summed E-state index contributed by atoms with van der Waals surface area (Å²) in [7, 11) is 20.7. The van der Waals surface area contributed by atoms with Crippen molar-refractivity contribution in [1.82, 2.24) is 19.6 Å². The molecule has 0 N–H and O–H groups in total. The Morgan fingerprint density at radius 1 is 0.381 bits per heavy atom. The van der Waals surface area contributed by atoms with Crippen LogP contribution in [-0.4, -0.2) is 250 Å². The first-order chi connectivity index (χ1) is 29.9. The fourth-order valence-corrected chi connectivity index (χ4v) is 20.4. The minimum atomic E-state index is -3.29. The van der Waals surface area contributed by atoms with Gasteiger partial charge in [0.15, 0.2) is 0 Å². The van der Waals surface area contributed by atoms with E-state index < -0.39 is 64.2 Å². The van der Waals surface area contributed by atoms with Crippen molar-refractivity contribution >= 4 is 66.5 Å². The van der Waals surface area contributed by atoms with Gasteiger partial charge < -0.3 is 62.0 Å². The summed E-state index contributed by atoms with van der Waals surface area (Å²) in [5.74, 6) is 0. The van der Waals surface area contributed by atoms with Crippen LogP contribution in [0.4, 0.5) is 0 Å². The Kier molecular flexibility index (Phi) is 34.8. The zero-order valence-corrected chi connectivity index (χ0v) is 49.8. The highest BCUT2D eigenvalue weighted by atomic mass is 32.2. The Morgan fingerprint density at radius 2 is 0.571 bits per heavy atom. The van der Waals surface area contributed by atoms with Crippen molar-refractivity contribution in [2.45, 2.75) is 97.6 Å². The summed E-state index contributed by atoms with van der Waals surface area (Å²) < 4.78 is 82.2. The van der Waals surface area contributed by atoms with Crippen LogP contribution in [0.3, 0.4) is 0 Å². The van der Waals surface area contributed by atoms with Gasteiger partial charge in [-0.1, -0.05) is 0 Å². The van der Waals surface area contributed by atoms with E-state index in [1.165, 1.54) is 0 Å². The topological polar surface area (TPSA) is 142 Å². The second-order valence-corrected chi connectivity index (χ2v) is 32.1. The van der Waals surface area contributed by atoms with Crippen molar-refractivity contribution in [2.24, 2.45) is 0 Å². The number of hydrogen-bond acceptors (Lipinski definition) is 19. The molecule has 0 aromatic heterocycles. The predicted octanol–water partition coefficient (Wildman–Crippen LogP) is 4.06. The molecule has 4 radical (unpaired) electrons. The molecule has 2 atom stereocenters. The predicted molar refractivity (Wildman–Crippen MR) is 262 cm³/mol. The quantitative estimate of drug-likeness (QED) is 0.0641. The van der Waals surface area contributed by atoms with Crippen molar-refractivity contribution in [1.29, 1.82) is 0 Å². The van der Waals surface area contributed by atoms with E-state index in [4.69, 9.17) is 62.0 Å². The van der Waals surface area contributed by atoms with Gasteiger partial charge in [0.25, 0.3) is 0 Å². The molecule has 0 aliphatic carbocycles. The molecule has 0 fully saturated rings. The molecule has 0 spiro atoms. The molecular formula is C38H90N4O14SSi6. The lowest BCUT2D eigenvalue weighted by Crippen LogP contribution is -2.66. The maximum atomic E-state index is 6.31.